The highest BCUT2D eigenvalue weighted by Gasteiger charge is 2.45. The van der Waals surface area contributed by atoms with Crippen LogP contribution in [0.1, 0.15) is 16.7 Å². The van der Waals surface area contributed by atoms with Crippen molar-refractivity contribution >= 4 is 52.1 Å². The van der Waals surface area contributed by atoms with Crippen LogP contribution in [0.5, 0.6) is 0 Å². The van der Waals surface area contributed by atoms with Gasteiger partial charge in [0.1, 0.15) is 6.54 Å². The topological polar surface area (TPSA) is 62.1 Å². The lowest BCUT2D eigenvalue weighted by molar-refractivity contribution is -0.918. The Labute approximate surface area is 164 Å². The monoisotopic (exact) mass is 412 g/mol. The van der Waals surface area contributed by atoms with Gasteiger partial charge < -0.3 is 4.90 Å². The van der Waals surface area contributed by atoms with Crippen LogP contribution in [0.15, 0.2) is 29.6 Å². The fraction of sp³-hybridized carbons (Fsp3) is 0.353. The second-order valence-electron chi connectivity index (χ2n) is 5.95. The summed E-state index contributed by atoms with van der Waals surface area (Å²) < 4.78 is 0.707. The zero-order valence-corrected chi connectivity index (χ0v) is 16.6. The van der Waals surface area contributed by atoms with E-state index < -0.39 is 17.8 Å². The van der Waals surface area contributed by atoms with Crippen molar-refractivity contribution in [3.63, 3.8) is 0 Å². The van der Waals surface area contributed by atoms with Gasteiger partial charge in [-0.05, 0) is 30.5 Å². The SMILES string of the molecule is CC[NH+](Cc1ccc(Cl)s1)CN1C(=O)C(=O)N(CCc2cccs2)C1=O. The number of thiophene rings is 2. The van der Waals surface area contributed by atoms with Crippen molar-refractivity contribution in [3.05, 3.63) is 43.7 Å². The Morgan fingerprint density at radius 2 is 1.85 bits per heavy atom. The molecule has 1 aliphatic heterocycles. The molecule has 9 heteroatoms. The van der Waals surface area contributed by atoms with Crippen LogP contribution in [0.25, 0.3) is 0 Å². The molecule has 3 heterocycles. The molecule has 1 saturated heterocycles. The molecule has 1 N–H and O–H groups in total. The average Bonchev–Trinajstić information content (AvgIpc) is 3.32. The van der Waals surface area contributed by atoms with E-state index in [1.807, 2.05) is 36.6 Å². The largest absolute Gasteiger partial charge is 0.338 e. The molecule has 0 saturated carbocycles. The first-order valence-corrected chi connectivity index (χ1v) is 10.3. The summed E-state index contributed by atoms with van der Waals surface area (Å²) in [6, 6.07) is 7.12. The van der Waals surface area contributed by atoms with Gasteiger partial charge in [0, 0.05) is 17.8 Å². The molecule has 1 aliphatic rings. The van der Waals surface area contributed by atoms with Gasteiger partial charge in [0.15, 0.2) is 6.67 Å². The van der Waals surface area contributed by atoms with Crippen molar-refractivity contribution in [2.24, 2.45) is 0 Å². The quantitative estimate of drug-likeness (QED) is 0.531. The third-order valence-corrected chi connectivity index (χ3v) is 6.40. The Morgan fingerprint density at radius 3 is 2.46 bits per heavy atom. The molecule has 0 aromatic carbocycles. The van der Waals surface area contributed by atoms with Gasteiger partial charge in [0.25, 0.3) is 0 Å². The zero-order valence-electron chi connectivity index (χ0n) is 14.2. The van der Waals surface area contributed by atoms with E-state index >= 15 is 0 Å². The van der Waals surface area contributed by atoms with Crippen molar-refractivity contribution < 1.29 is 19.3 Å². The molecule has 4 amide bonds. The van der Waals surface area contributed by atoms with Gasteiger partial charge >= 0.3 is 17.8 Å². The first-order chi connectivity index (χ1) is 12.5. The van der Waals surface area contributed by atoms with Crippen LogP contribution >= 0.6 is 34.3 Å². The zero-order chi connectivity index (χ0) is 18.7. The number of hydrogen-bond donors (Lipinski definition) is 1. The highest BCUT2D eigenvalue weighted by molar-refractivity contribution is 7.16. The minimum Gasteiger partial charge on any atom is -0.313 e. The molecular weight excluding hydrogens is 394 g/mol. The van der Waals surface area contributed by atoms with E-state index in [4.69, 9.17) is 11.6 Å². The number of nitrogens with zero attached hydrogens (tertiary/aromatic N) is 2. The van der Waals surface area contributed by atoms with Gasteiger partial charge in [-0.15, -0.1) is 22.7 Å². The Morgan fingerprint density at radius 1 is 1.08 bits per heavy atom. The van der Waals surface area contributed by atoms with Crippen LogP contribution in [0.3, 0.4) is 0 Å². The molecule has 6 nitrogen and oxygen atoms in total. The average molecular weight is 413 g/mol. The summed E-state index contributed by atoms with van der Waals surface area (Å²) >= 11 is 9.00. The van der Waals surface area contributed by atoms with Gasteiger partial charge in [-0.2, -0.15) is 0 Å². The predicted octanol–water partition coefficient (Wildman–Crippen LogP) is 1.86. The minimum atomic E-state index is -0.739. The summed E-state index contributed by atoms with van der Waals surface area (Å²) in [6.07, 6.45) is 0.564. The number of imide groups is 2. The number of nitrogens with one attached hydrogen (secondary N) is 1. The van der Waals surface area contributed by atoms with Crippen molar-refractivity contribution in [2.45, 2.75) is 19.9 Å². The van der Waals surface area contributed by atoms with Gasteiger partial charge in [-0.1, -0.05) is 17.7 Å². The van der Waals surface area contributed by atoms with Crippen LogP contribution in [-0.2, 0) is 22.6 Å². The van der Waals surface area contributed by atoms with E-state index in [1.165, 1.54) is 11.3 Å². The minimum absolute atomic E-state index is 0.172. The van der Waals surface area contributed by atoms with E-state index in [2.05, 4.69) is 0 Å². The maximum atomic E-state index is 12.6. The summed E-state index contributed by atoms with van der Waals surface area (Å²) in [7, 11) is 0. The molecule has 26 heavy (non-hydrogen) atoms. The predicted molar refractivity (Wildman–Crippen MR) is 101 cm³/mol. The molecule has 2 aromatic rings. The highest BCUT2D eigenvalue weighted by atomic mass is 35.5. The van der Waals surface area contributed by atoms with E-state index in [9.17, 15) is 14.4 Å². The maximum Gasteiger partial charge on any atom is 0.338 e. The number of hydrogen-bond acceptors (Lipinski definition) is 5. The number of halogens is 1. The van der Waals surface area contributed by atoms with E-state index in [0.717, 1.165) is 31.0 Å². The smallest absolute Gasteiger partial charge is 0.313 e. The molecule has 0 aliphatic carbocycles. The van der Waals surface area contributed by atoms with Gasteiger partial charge in [0.2, 0.25) is 0 Å². The van der Waals surface area contributed by atoms with Crippen molar-refractivity contribution in [2.75, 3.05) is 19.8 Å². The summed E-state index contributed by atoms with van der Waals surface area (Å²) in [5, 5.41) is 1.94. The fourth-order valence-electron chi connectivity index (χ4n) is 2.77. The molecule has 1 unspecified atom stereocenters. The summed E-state index contributed by atoms with van der Waals surface area (Å²) in [5.41, 5.74) is 0. The van der Waals surface area contributed by atoms with Crippen LogP contribution in [0.4, 0.5) is 4.79 Å². The summed E-state index contributed by atoms with van der Waals surface area (Å²) in [5.74, 6) is -1.47. The molecule has 1 atom stereocenters. The lowest BCUT2D eigenvalue weighted by atomic mass is 10.3. The van der Waals surface area contributed by atoms with Crippen molar-refractivity contribution in [1.29, 1.82) is 0 Å². The number of quaternary nitrogens is 1. The molecule has 0 bridgehead atoms. The fourth-order valence-corrected chi connectivity index (χ4v) is 4.63. The first-order valence-electron chi connectivity index (χ1n) is 8.27. The Balaban J connectivity index is 1.63. The Bertz CT molecular complexity index is 806. The first kappa shape index (κ1) is 19.0. The van der Waals surface area contributed by atoms with E-state index in [0.29, 0.717) is 17.3 Å². The molecule has 0 radical (unpaired) electrons. The molecule has 3 rings (SSSR count). The number of carbonyl (C=O) groups is 3. The van der Waals surface area contributed by atoms with Crippen LogP contribution < -0.4 is 4.90 Å². The number of carbonyl (C=O) groups excluding carboxylic acids is 3. The van der Waals surface area contributed by atoms with Crippen molar-refractivity contribution in [1.82, 2.24) is 9.80 Å². The molecular formula is C17H19ClN3O3S2+. The second-order valence-corrected chi connectivity index (χ2v) is 8.78. The van der Waals surface area contributed by atoms with Gasteiger partial charge in [-0.3, -0.25) is 14.5 Å². The summed E-state index contributed by atoms with van der Waals surface area (Å²) in [6.45, 7) is 3.74. The molecule has 2 aromatic heterocycles. The van der Waals surface area contributed by atoms with Crippen LogP contribution in [0, 0.1) is 0 Å². The van der Waals surface area contributed by atoms with E-state index in [-0.39, 0.29) is 13.2 Å². The third kappa shape index (κ3) is 4.15. The lowest BCUT2D eigenvalue weighted by Gasteiger charge is -2.21. The number of amides is 4. The maximum absolute atomic E-state index is 12.6. The van der Waals surface area contributed by atoms with Crippen LogP contribution in [0.2, 0.25) is 4.34 Å². The number of rotatable bonds is 8. The van der Waals surface area contributed by atoms with E-state index in [1.54, 1.807) is 11.3 Å². The normalized spacial score (nSPS) is 16.0. The van der Waals surface area contributed by atoms with Crippen molar-refractivity contribution in [3.8, 4) is 0 Å². The molecule has 1 fully saturated rings. The Kier molecular flexibility index (Phi) is 6.08. The van der Waals surface area contributed by atoms with Crippen LogP contribution in [-0.4, -0.2) is 47.4 Å². The Hall–Kier alpha value is -1.74. The molecule has 0 spiro atoms. The third-order valence-electron chi connectivity index (χ3n) is 4.23. The van der Waals surface area contributed by atoms with Gasteiger partial charge in [0.05, 0.1) is 15.8 Å². The van der Waals surface area contributed by atoms with Gasteiger partial charge in [-0.25, -0.2) is 9.69 Å². The highest BCUT2D eigenvalue weighted by Crippen LogP contribution is 2.20. The number of urea groups is 1. The lowest BCUT2D eigenvalue weighted by Crippen LogP contribution is -3.12. The standard InChI is InChI=1S/C17H18ClN3O3S2/c1-2-19(10-13-5-6-14(18)26-13)11-21-16(23)15(22)20(17(21)24)8-7-12-4-3-9-25-12/h3-6,9H,2,7-8,10-11H2,1H3/p+1. The second kappa shape index (κ2) is 8.30. The molecule has 138 valence electrons. The summed E-state index contributed by atoms with van der Waals surface area (Å²) in [4.78, 5) is 42.3.